The number of ketones is 1. The number of hydrogen-bond acceptors (Lipinski definition) is 2. The van der Waals surface area contributed by atoms with Crippen LogP contribution in [0, 0.1) is 0 Å². The Hall–Kier alpha value is -0.900. The molecule has 0 heterocycles. The Morgan fingerprint density at radius 2 is 2.13 bits per heavy atom. The van der Waals surface area contributed by atoms with E-state index >= 15 is 0 Å². The van der Waals surface area contributed by atoms with E-state index in [4.69, 9.17) is 0 Å². The second-order valence-corrected chi connectivity index (χ2v) is 4.04. The van der Waals surface area contributed by atoms with Crippen LogP contribution in [-0.2, 0) is 11.2 Å². The summed E-state index contributed by atoms with van der Waals surface area (Å²) in [6.45, 7) is 1.46. The number of carbonyl (C=O) groups excluding carboxylic acids is 1. The summed E-state index contributed by atoms with van der Waals surface area (Å²) in [7, 11) is 0. The van der Waals surface area contributed by atoms with Crippen LogP contribution in [0.25, 0.3) is 0 Å². The molecule has 0 atom stereocenters. The lowest BCUT2D eigenvalue weighted by molar-refractivity contribution is -0.116. The maximum Gasteiger partial charge on any atom is 0.264 e. The molecule has 0 radical (unpaired) electrons. The SMILES string of the molecule is CSc1c(CC(C)=O)cccc1C(F)F. The molecule has 0 saturated heterocycles. The summed E-state index contributed by atoms with van der Waals surface area (Å²) in [5.41, 5.74) is 0.703. The third-order valence-corrected chi connectivity index (χ3v) is 2.91. The molecule has 0 N–H and O–H groups in total. The third-order valence-electron chi connectivity index (χ3n) is 2.01. The minimum atomic E-state index is -2.49. The van der Waals surface area contributed by atoms with Gasteiger partial charge in [-0.05, 0) is 18.7 Å². The van der Waals surface area contributed by atoms with Gasteiger partial charge in [0.05, 0.1) is 0 Å². The van der Waals surface area contributed by atoms with Crippen molar-refractivity contribution >= 4 is 17.5 Å². The lowest BCUT2D eigenvalue weighted by Gasteiger charge is -2.11. The standard InChI is InChI=1S/C11H12F2OS/c1-7(14)6-8-4-3-5-9(11(12)13)10(8)15-2/h3-5,11H,6H2,1-2H3. The molecular formula is C11H12F2OS. The van der Waals surface area contributed by atoms with Crippen LogP contribution in [0.5, 0.6) is 0 Å². The van der Waals surface area contributed by atoms with E-state index in [1.54, 1.807) is 18.4 Å². The average molecular weight is 230 g/mol. The molecule has 0 aliphatic rings. The molecule has 1 nitrogen and oxygen atoms in total. The zero-order valence-electron chi connectivity index (χ0n) is 8.59. The Bertz CT molecular complexity index is 364. The van der Waals surface area contributed by atoms with Crippen LogP contribution in [0.3, 0.4) is 0 Å². The molecule has 0 aliphatic carbocycles. The van der Waals surface area contributed by atoms with Crippen molar-refractivity contribution in [2.75, 3.05) is 6.26 Å². The van der Waals surface area contributed by atoms with Gasteiger partial charge in [0.2, 0.25) is 0 Å². The van der Waals surface area contributed by atoms with Crippen molar-refractivity contribution in [1.29, 1.82) is 0 Å². The lowest BCUT2D eigenvalue weighted by atomic mass is 10.1. The van der Waals surface area contributed by atoms with Gasteiger partial charge in [0, 0.05) is 16.9 Å². The minimum Gasteiger partial charge on any atom is -0.300 e. The zero-order valence-corrected chi connectivity index (χ0v) is 9.41. The van der Waals surface area contributed by atoms with Crippen molar-refractivity contribution in [2.45, 2.75) is 24.7 Å². The summed E-state index contributed by atoms with van der Waals surface area (Å²) in [4.78, 5) is 11.5. The highest BCUT2D eigenvalue weighted by molar-refractivity contribution is 7.98. The first-order chi connectivity index (χ1) is 7.06. The molecule has 15 heavy (non-hydrogen) atoms. The van der Waals surface area contributed by atoms with Crippen LogP contribution in [0.15, 0.2) is 23.1 Å². The number of thioether (sulfide) groups is 1. The number of benzene rings is 1. The van der Waals surface area contributed by atoms with E-state index in [0.29, 0.717) is 10.5 Å². The summed E-state index contributed by atoms with van der Waals surface area (Å²) in [5, 5.41) is 0. The number of Topliss-reactive ketones (excluding diaryl/α,β-unsaturated/α-hetero) is 1. The Morgan fingerprint density at radius 3 is 2.60 bits per heavy atom. The molecule has 0 fully saturated rings. The van der Waals surface area contributed by atoms with Gasteiger partial charge in [-0.3, -0.25) is 4.79 Å². The molecule has 0 aromatic heterocycles. The van der Waals surface area contributed by atoms with E-state index in [0.717, 1.165) is 0 Å². The summed E-state index contributed by atoms with van der Waals surface area (Å²) < 4.78 is 25.3. The van der Waals surface area contributed by atoms with Gasteiger partial charge in [0.15, 0.2) is 0 Å². The number of rotatable bonds is 4. The third kappa shape index (κ3) is 3.02. The highest BCUT2D eigenvalue weighted by Gasteiger charge is 2.15. The van der Waals surface area contributed by atoms with Crippen LogP contribution in [0.1, 0.15) is 24.5 Å². The minimum absolute atomic E-state index is 0.0150. The Labute approximate surface area is 91.9 Å². The van der Waals surface area contributed by atoms with Crippen molar-refractivity contribution in [3.05, 3.63) is 29.3 Å². The molecule has 1 rings (SSSR count). The lowest BCUT2D eigenvalue weighted by Crippen LogP contribution is -2.00. The molecule has 0 bridgehead atoms. The topological polar surface area (TPSA) is 17.1 Å². The molecule has 1 aromatic rings. The van der Waals surface area contributed by atoms with Crippen molar-refractivity contribution < 1.29 is 13.6 Å². The van der Waals surface area contributed by atoms with Crippen molar-refractivity contribution in [2.24, 2.45) is 0 Å². The number of hydrogen-bond donors (Lipinski definition) is 0. The van der Waals surface area contributed by atoms with Gasteiger partial charge in [-0.15, -0.1) is 11.8 Å². The fraction of sp³-hybridized carbons (Fsp3) is 0.364. The molecule has 82 valence electrons. The Balaban J connectivity index is 3.15. The quantitative estimate of drug-likeness (QED) is 0.737. The highest BCUT2D eigenvalue weighted by atomic mass is 32.2. The number of carbonyl (C=O) groups is 1. The highest BCUT2D eigenvalue weighted by Crippen LogP contribution is 2.32. The van der Waals surface area contributed by atoms with Crippen LogP contribution in [0.4, 0.5) is 8.78 Å². The first-order valence-electron chi connectivity index (χ1n) is 4.49. The number of halogens is 2. The zero-order chi connectivity index (χ0) is 11.4. The van der Waals surface area contributed by atoms with Gasteiger partial charge >= 0.3 is 0 Å². The molecule has 4 heteroatoms. The number of alkyl halides is 2. The van der Waals surface area contributed by atoms with Crippen molar-refractivity contribution in [3.63, 3.8) is 0 Å². The van der Waals surface area contributed by atoms with Gasteiger partial charge in [0.25, 0.3) is 6.43 Å². The maximum absolute atomic E-state index is 12.6. The van der Waals surface area contributed by atoms with Crippen molar-refractivity contribution in [3.8, 4) is 0 Å². The largest absolute Gasteiger partial charge is 0.300 e. The Kier molecular flexibility index (Phi) is 4.27. The molecule has 0 amide bonds. The van der Waals surface area contributed by atoms with E-state index in [9.17, 15) is 13.6 Å². The second-order valence-electron chi connectivity index (χ2n) is 3.22. The van der Waals surface area contributed by atoms with Crippen LogP contribution in [0.2, 0.25) is 0 Å². The summed E-state index contributed by atoms with van der Waals surface area (Å²) in [6, 6.07) is 4.69. The van der Waals surface area contributed by atoms with E-state index < -0.39 is 6.43 Å². The molecule has 0 aliphatic heterocycles. The van der Waals surface area contributed by atoms with Gasteiger partial charge in [-0.2, -0.15) is 0 Å². The molecule has 0 unspecified atom stereocenters. The molecule has 0 spiro atoms. The first kappa shape index (κ1) is 12.2. The van der Waals surface area contributed by atoms with Gasteiger partial charge in [0.1, 0.15) is 5.78 Å². The normalized spacial score (nSPS) is 10.7. The van der Waals surface area contributed by atoms with Gasteiger partial charge < -0.3 is 0 Å². The molecule has 0 saturated carbocycles. The maximum atomic E-state index is 12.6. The second kappa shape index (κ2) is 5.26. The van der Waals surface area contributed by atoms with E-state index in [1.807, 2.05) is 0 Å². The summed E-state index contributed by atoms with van der Waals surface area (Å²) in [5.74, 6) is -0.0169. The average Bonchev–Trinajstić information content (AvgIpc) is 2.16. The van der Waals surface area contributed by atoms with Crippen LogP contribution in [-0.4, -0.2) is 12.0 Å². The van der Waals surface area contributed by atoms with Crippen LogP contribution < -0.4 is 0 Å². The van der Waals surface area contributed by atoms with Crippen molar-refractivity contribution in [1.82, 2.24) is 0 Å². The predicted molar refractivity (Wildman–Crippen MR) is 57.6 cm³/mol. The summed E-state index contributed by atoms with van der Waals surface area (Å²) >= 11 is 1.26. The van der Waals surface area contributed by atoms with E-state index in [2.05, 4.69) is 0 Å². The first-order valence-corrected chi connectivity index (χ1v) is 5.72. The predicted octanol–water partition coefficient (Wildman–Crippen LogP) is 3.48. The van der Waals surface area contributed by atoms with Crippen LogP contribution >= 0.6 is 11.8 Å². The van der Waals surface area contributed by atoms with Gasteiger partial charge in [-0.1, -0.05) is 18.2 Å². The molecular weight excluding hydrogens is 218 g/mol. The fourth-order valence-corrected chi connectivity index (χ4v) is 2.23. The smallest absolute Gasteiger partial charge is 0.264 e. The van der Waals surface area contributed by atoms with E-state index in [-0.39, 0.29) is 17.8 Å². The fourth-order valence-electron chi connectivity index (χ4n) is 1.43. The Morgan fingerprint density at radius 1 is 1.47 bits per heavy atom. The van der Waals surface area contributed by atoms with Gasteiger partial charge in [-0.25, -0.2) is 8.78 Å². The summed E-state index contributed by atoms with van der Waals surface area (Å²) in [6.07, 6.45) is -0.527. The molecule has 1 aromatic carbocycles. The van der Waals surface area contributed by atoms with E-state index in [1.165, 1.54) is 24.8 Å². The monoisotopic (exact) mass is 230 g/mol.